The molecule has 0 amide bonds. The number of sulfone groups is 1. The topological polar surface area (TPSA) is 60.2 Å². The molecule has 2 aromatic carbocycles. The van der Waals surface area contributed by atoms with Crippen molar-refractivity contribution in [3.63, 3.8) is 0 Å². The molecule has 0 saturated heterocycles. The summed E-state index contributed by atoms with van der Waals surface area (Å²) in [5, 5.41) is 1.21. The first-order valence-corrected chi connectivity index (χ1v) is 8.40. The summed E-state index contributed by atoms with van der Waals surface area (Å²) in [6.45, 7) is 0. The van der Waals surface area contributed by atoms with Crippen LogP contribution in [0.3, 0.4) is 0 Å². The minimum atomic E-state index is -3.40. The number of hydrogen-bond acceptors (Lipinski definition) is 3. The number of rotatable bonds is 6. The second-order valence-electron chi connectivity index (χ2n) is 4.87. The van der Waals surface area contributed by atoms with Crippen LogP contribution in [0.15, 0.2) is 77.0 Å². The van der Waals surface area contributed by atoms with Crippen molar-refractivity contribution in [3.05, 3.63) is 77.7 Å². The predicted octanol–water partition coefficient (Wildman–Crippen LogP) is 2.93. The van der Waals surface area contributed by atoms with Gasteiger partial charge in [-0.15, -0.1) is 0 Å². The molecule has 3 nitrogen and oxygen atoms in total. The van der Waals surface area contributed by atoms with Crippen LogP contribution in [0.1, 0.15) is 12.0 Å². The molecule has 2 rings (SSSR count). The number of hydrogen-bond donors (Lipinski definition) is 1. The highest BCUT2D eigenvalue weighted by Crippen LogP contribution is 2.12. The summed E-state index contributed by atoms with van der Waals surface area (Å²) in [4.78, 5) is 0.288. The lowest BCUT2D eigenvalue weighted by Gasteiger charge is -2.06. The lowest BCUT2D eigenvalue weighted by atomic mass is 10.1. The van der Waals surface area contributed by atoms with Crippen LogP contribution in [-0.4, -0.2) is 14.5 Å². The zero-order valence-corrected chi connectivity index (χ0v) is 12.5. The van der Waals surface area contributed by atoms with Crippen LogP contribution in [0.4, 0.5) is 0 Å². The van der Waals surface area contributed by atoms with E-state index in [0.29, 0.717) is 6.42 Å². The molecule has 4 heteroatoms. The molecule has 2 aromatic rings. The maximum atomic E-state index is 12.1. The Hall–Kier alpha value is -1.91. The Balaban J connectivity index is 1.94. The van der Waals surface area contributed by atoms with E-state index in [0.717, 1.165) is 6.42 Å². The maximum absolute atomic E-state index is 12.1. The minimum absolute atomic E-state index is 0.274. The van der Waals surface area contributed by atoms with Crippen molar-refractivity contribution in [2.45, 2.75) is 23.8 Å². The summed E-state index contributed by atoms with van der Waals surface area (Å²) >= 11 is 0. The predicted molar refractivity (Wildman–Crippen MR) is 85.5 cm³/mol. The van der Waals surface area contributed by atoms with Crippen LogP contribution in [0.5, 0.6) is 0 Å². The van der Waals surface area contributed by atoms with Crippen molar-refractivity contribution in [1.82, 2.24) is 0 Å². The fourth-order valence-electron chi connectivity index (χ4n) is 1.97. The van der Waals surface area contributed by atoms with Crippen molar-refractivity contribution in [2.75, 3.05) is 0 Å². The molecule has 0 aliphatic rings. The molecule has 2 N–H and O–H groups in total. The van der Waals surface area contributed by atoms with Crippen LogP contribution in [-0.2, 0) is 16.3 Å². The van der Waals surface area contributed by atoms with Gasteiger partial charge in [-0.05, 0) is 30.5 Å². The third kappa shape index (κ3) is 4.85. The van der Waals surface area contributed by atoms with Gasteiger partial charge in [-0.1, -0.05) is 54.6 Å². The first-order chi connectivity index (χ1) is 10.1. The van der Waals surface area contributed by atoms with Gasteiger partial charge in [0.25, 0.3) is 0 Å². The van der Waals surface area contributed by atoms with E-state index in [9.17, 15) is 8.42 Å². The van der Waals surface area contributed by atoms with E-state index >= 15 is 0 Å². The zero-order valence-electron chi connectivity index (χ0n) is 11.7. The monoisotopic (exact) mass is 301 g/mol. The average Bonchev–Trinajstić information content (AvgIpc) is 2.53. The molecule has 0 radical (unpaired) electrons. The number of aryl methyl sites for hydroxylation is 1. The van der Waals surface area contributed by atoms with Gasteiger partial charge in [0.05, 0.1) is 4.90 Å². The van der Waals surface area contributed by atoms with Gasteiger partial charge in [-0.3, -0.25) is 0 Å². The molecular weight excluding hydrogens is 282 g/mol. The molecule has 0 fully saturated rings. The first-order valence-electron chi connectivity index (χ1n) is 6.86. The highest BCUT2D eigenvalue weighted by molar-refractivity contribution is 7.94. The second kappa shape index (κ2) is 7.20. The van der Waals surface area contributed by atoms with Gasteiger partial charge < -0.3 is 5.73 Å². The van der Waals surface area contributed by atoms with E-state index in [1.165, 1.54) is 11.0 Å². The van der Waals surface area contributed by atoms with E-state index < -0.39 is 9.84 Å². The van der Waals surface area contributed by atoms with Gasteiger partial charge in [-0.25, -0.2) is 8.42 Å². The lowest BCUT2D eigenvalue weighted by Crippen LogP contribution is -2.18. The third-order valence-electron chi connectivity index (χ3n) is 3.19. The standard InChI is InChI=1S/C17H19NO2S/c18-16(12-11-15-7-3-1-4-8-15)13-14-21(19,20)17-9-5-2-6-10-17/h1-10,13-14,16H,11-12,18H2/b14-13+/t16-/m1/s1. The minimum Gasteiger partial charge on any atom is -0.324 e. The van der Waals surface area contributed by atoms with E-state index in [1.54, 1.807) is 36.4 Å². The van der Waals surface area contributed by atoms with Crippen molar-refractivity contribution < 1.29 is 8.42 Å². The molecule has 0 saturated carbocycles. The number of benzene rings is 2. The van der Waals surface area contributed by atoms with Gasteiger partial charge in [0.1, 0.15) is 0 Å². The molecule has 0 aliphatic carbocycles. The summed E-state index contributed by atoms with van der Waals surface area (Å²) in [7, 11) is -3.40. The van der Waals surface area contributed by atoms with Crippen molar-refractivity contribution >= 4 is 9.84 Å². The Bertz CT molecular complexity index is 679. The quantitative estimate of drug-likeness (QED) is 0.892. The molecule has 0 heterocycles. The Labute approximate surface area is 126 Å². The maximum Gasteiger partial charge on any atom is 0.199 e. The Morgan fingerprint density at radius 1 is 0.952 bits per heavy atom. The molecule has 0 unspecified atom stereocenters. The molecule has 0 bridgehead atoms. The van der Waals surface area contributed by atoms with Gasteiger partial charge >= 0.3 is 0 Å². The largest absolute Gasteiger partial charge is 0.324 e. The van der Waals surface area contributed by atoms with Gasteiger partial charge in [0.15, 0.2) is 9.84 Å². The molecule has 0 aromatic heterocycles. The van der Waals surface area contributed by atoms with Crippen LogP contribution in [0, 0.1) is 0 Å². The zero-order chi connectivity index (χ0) is 15.1. The summed E-state index contributed by atoms with van der Waals surface area (Å²) in [5.41, 5.74) is 7.16. The van der Waals surface area contributed by atoms with Crippen LogP contribution in [0.25, 0.3) is 0 Å². The average molecular weight is 301 g/mol. The van der Waals surface area contributed by atoms with Crippen LogP contribution < -0.4 is 5.73 Å². The van der Waals surface area contributed by atoms with Gasteiger partial charge in [-0.2, -0.15) is 0 Å². The van der Waals surface area contributed by atoms with E-state index in [2.05, 4.69) is 0 Å². The fraction of sp³-hybridized carbons (Fsp3) is 0.176. The summed E-state index contributed by atoms with van der Waals surface area (Å²) in [5.74, 6) is 0. The fourth-order valence-corrected chi connectivity index (χ4v) is 3.07. The summed E-state index contributed by atoms with van der Waals surface area (Å²) in [6, 6.07) is 18.1. The van der Waals surface area contributed by atoms with E-state index in [-0.39, 0.29) is 10.9 Å². The van der Waals surface area contributed by atoms with Crippen molar-refractivity contribution in [1.29, 1.82) is 0 Å². The molecular formula is C17H19NO2S. The SMILES string of the molecule is N[C@@H](/C=C/S(=O)(=O)c1ccccc1)CCc1ccccc1. The van der Waals surface area contributed by atoms with Crippen LogP contribution in [0.2, 0.25) is 0 Å². The number of nitrogens with two attached hydrogens (primary N) is 1. The molecule has 110 valence electrons. The first kappa shape index (κ1) is 15.5. The summed E-state index contributed by atoms with van der Waals surface area (Å²) in [6.07, 6.45) is 3.10. The van der Waals surface area contributed by atoms with Crippen molar-refractivity contribution in [2.24, 2.45) is 5.73 Å². The highest BCUT2D eigenvalue weighted by Gasteiger charge is 2.09. The molecule has 21 heavy (non-hydrogen) atoms. The lowest BCUT2D eigenvalue weighted by molar-refractivity contribution is 0.604. The Kier molecular flexibility index (Phi) is 5.31. The van der Waals surface area contributed by atoms with E-state index in [4.69, 9.17) is 5.73 Å². The van der Waals surface area contributed by atoms with Crippen molar-refractivity contribution in [3.8, 4) is 0 Å². The molecule has 0 aliphatic heterocycles. The molecule has 0 spiro atoms. The summed E-state index contributed by atoms with van der Waals surface area (Å²) < 4.78 is 24.1. The third-order valence-corrected chi connectivity index (χ3v) is 4.63. The Morgan fingerprint density at radius 3 is 2.14 bits per heavy atom. The normalized spacial score (nSPS) is 13.4. The molecule has 1 atom stereocenters. The highest BCUT2D eigenvalue weighted by atomic mass is 32.2. The smallest absolute Gasteiger partial charge is 0.199 e. The Morgan fingerprint density at radius 2 is 1.52 bits per heavy atom. The van der Waals surface area contributed by atoms with Gasteiger partial charge in [0, 0.05) is 11.4 Å². The van der Waals surface area contributed by atoms with Gasteiger partial charge in [0.2, 0.25) is 0 Å². The van der Waals surface area contributed by atoms with E-state index in [1.807, 2.05) is 30.3 Å². The second-order valence-corrected chi connectivity index (χ2v) is 6.71. The van der Waals surface area contributed by atoms with Crippen LogP contribution >= 0.6 is 0 Å².